The molecule has 0 saturated carbocycles. The number of nitrogens with zero attached hydrogens (tertiary/aromatic N) is 5. The molecule has 78 valence electrons. The van der Waals surface area contributed by atoms with Gasteiger partial charge in [-0.05, 0) is 22.1 Å². The van der Waals surface area contributed by atoms with Crippen molar-refractivity contribution in [1.82, 2.24) is 20.2 Å². The maximum atomic E-state index is 8.56. The molecule has 0 aliphatic rings. The summed E-state index contributed by atoms with van der Waals surface area (Å²) in [5.74, 6) is 0.574. The number of aromatic nitrogens is 4. The second-order valence-electron chi connectivity index (χ2n) is 3.10. The fourth-order valence-corrected chi connectivity index (χ4v) is 1.25. The Morgan fingerprint density at radius 2 is 2.06 bits per heavy atom. The van der Waals surface area contributed by atoms with Crippen molar-refractivity contribution in [2.45, 2.75) is 6.54 Å². The molecule has 16 heavy (non-hydrogen) atoms. The van der Waals surface area contributed by atoms with Gasteiger partial charge in [-0.3, -0.25) is 0 Å². The lowest BCUT2D eigenvalue weighted by molar-refractivity contribution is 0.662. The van der Waals surface area contributed by atoms with Gasteiger partial charge in [-0.15, -0.1) is 5.10 Å². The summed E-state index contributed by atoms with van der Waals surface area (Å²) in [4.78, 5) is 0. The first-order chi connectivity index (χ1) is 7.90. The van der Waals surface area contributed by atoms with Crippen molar-refractivity contribution in [3.8, 4) is 6.07 Å². The standard InChI is InChI=1S/C11H9N5/c12-8-9-16-11(13-14-15-16)7-6-10-4-2-1-3-5-10/h1-7H,9H2. The van der Waals surface area contributed by atoms with Crippen molar-refractivity contribution in [1.29, 1.82) is 5.26 Å². The Labute approximate surface area is 92.6 Å². The van der Waals surface area contributed by atoms with Crippen LogP contribution in [0.15, 0.2) is 30.3 Å². The summed E-state index contributed by atoms with van der Waals surface area (Å²) in [5.41, 5.74) is 1.06. The minimum absolute atomic E-state index is 0.154. The van der Waals surface area contributed by atoms with E-state index in [0.29, 0.717) is 5.82 Å². The largest absolute Gasteiger partial charge is 0.212 e. The molecule has 2 aromatic rings. The summed E-state index contributed by atoms with van der Waals surface area (Å²) in [6.07, 6.45) is 3.69. The van der Waals surface area contributed by atoms with Gasteiger partial charge in [0.25, 0.3) is 0 Å². The molecule has 0 saturated heterocycles. The van der Waals surface area contributed by atoms with Gasteiger partial charge in [-0.2, -0.15) is 5.26 Å². The fraction of sp³-hybridized carbons (Fsp3) is 0.0909. The molecule has 0 aliphatic carbocycles. The van der Waals surface area contributed by atoms with Gasteiger partial charge in [0.1, 0.15) is 6.54 Å². The zero-order chi connectivity index (χ0) is 11.2. The minimum Gasteiger partial charge on any atom is -0.212 e. The van der Waals surface area contributed by atoms with Gasteiger partial charge in [0, 0.05) is 0 Å². The highest BCUT2D eigenvalue weighted by molar-refractivity contribution is 5.66. The smallest absolute Gasteiger partial charge is 0.175 e. The van der Waals surface area contributed by atoms with Crippen LogP contribution in [0.4, 0.5) is 0 Å². The van der Waals surface area contributed by atoms with E-state index in [1.807, 2.05) is 42.5 Å². The van der Waals surface area contributed by atoms with E-state index in [1.165, 1.54) is 4.68 Å². The third-order valence-corrected chi connectivity index (χ3v) is 2.00. The lowest BCUT2D eigenvalue weighted by Crippen LogP contribution is -2.00. The fourth-order valence-electron chi connectivity index (χ4n) is 1.25. The van der Waals surface area contributed by atoms with Crippen LogP contribution in [0.3, 0.4) is 0 Å². The second kappa shape index (κ2) is 4.84. The summed E-state index contributed by atoms with van der Waals surface area (Å²) >= 11 is 0. The number of tetrazole rings is 1. The Kier molecular flexibility index (Phi) is 3.04. The van der Waals surface area contributed by atoms with Crippen molar-refractivity contribution in [3.63, 3.8) is 0 Å². The van der Waals surface area contributed by atoms with E-state index in [2.05, 4.69) is 15.5 Å². The molecular formula is C11H9N5. The highest BCUT2D eigenvalue weighted by atomic mass is 15.5. The van der Waals surface area contributed by atoms with Crippen molar-refractivity contribution in [3.05, 3.63) is 41.7 Å². The van der Waals surface area contributed by atoms with Gasteiger partial charge < -0.3 is 0 Å². The molecule has 0 bridgehead atoms. The highest BCUT2D eigenvalue weighted by Gasteiger charge is 2.00. The van der Waals surface area contributed by atoms with Crippen LogP contribution in [0.5, 0.6) is 0 Å². The van der Waals surface area contributed by atoms with Crippen LogP contribution in [0.1, 0.15) is 11.4 Å². The quantitative estimate of drug-likeness (QED) is 0.768. The summed E-state index contributed by atoms with van der Waals surface area (Å²) in [7, 11) is 0. The van der Waals surface area contributed by atoms with Gasteiger partial charge >= 0.3 is 0 Å². The van der Waals surface area contributed by atoms with Crippen LogP contribution >= 0.6 is 0 Å². The number of nitriles is 1. The van der Waals surface area contributed by atoms with Gasteiger partial charge in [-0.25, -0.2) is 4.68 Å². The van der Waals surface area contributed by atoms with Crippen LogP contribution in [0.2, 0.25) is 0 Å². The maximum absolute atomic E-state index is 8.56. The zero-order valence-corrected chi connectivity index (χ0v) is 8.48. The summed E-state index contributed by atoms with van der Waals surface area (Å²) in [6, 6.07) is 11.8. The predicted octanol–water partition coefficient (Wildman–Crippen LogP) is 1.37. The van der Waals surface area contributed by atoms with Gasteiger partial charge in [0.2, 0.25) is 0 Å². The molecule has 2 rings (SSSR count). The molecule has 1 heterocycles. The monoisotopic (exact) mass is 211 g/mol. The van der Waals surface area contributed by atoms with E-state index in [0.717, 1.165) is 5.56 Å². The molecule has 0 aliphatic heterocycles. The Morgan fingerprint density at radius 3 is 2.81 bits per heavy atom. The van der Waals surface area contributed by atoms with Crippen molar-refractivity contribution in [2.75, 3.05) is 0 Å². The molecule has 0 N–H and O–H groups in total. The number of hydrogen-bond donors (Lipinski definition) is 0. The average molecular weight is 211 g/mol. The van der Waals surface area contributed by atoms with E-state index in [4.69, 9.17) is 5.26 Å². The van der Waals surface area contributed by atoms with Gasteiger partial charge in [0.05, 0.1) is 6.07 Å². The molecule has 0 spiro atoms. The molecule has 0 atom stereocenters. The minimum atomic E-state index is 0.154. The second-order valence-corrected chi connectivity index (χ2v) is 3.10. The Bertz CT molecular complexity index is 521. The summed E-state index contributed by atoms with van der Waals surface area (Å²) in [6.45, 7) is 0.154. The lowest BCUT2D eigenvalue weighted by atomic mass is 10.2. The average Bonchev–Trinajstić information content (AvgIpc) is 2.76. The third-order valence-electron chi connectivity index (χ3n) is 2.00. The van der Waals surface area contributed by atoms with Crippen molar-refractivity contribution in [2.24, 2.45) is 0 Å². The molecule has 1 aromatic heterocycles. The molecule has 0 amide bonds. The maximum Gasteiger partial charge on any atom is 0.175 e. The first-order valence-corrected chi connectivity index (χ1v) is 4.76. The van der Waals surface area contributed by atoms with E-state index in [1.54, 1.807) is 6.08 Å². The van der Waals surface area contributed by atoms with Crippen molar-refractivity contribution >= 4 is 12.2 Å². The molecule has 5 heteroatoms. The van der Waals surface area contributed by atoms with Crippen LogP contribution < -0.4 is 0 Å². The topological polar surface area (TPSA) is 67.4 Å². The SMILES string of the molecule is N#CCn1nnnc1C=Cc1ccccc1. The molecule has 0 fully saturated rings. The third kappa shape index (κ3) is 2.30. The van der Waals surface area contributed by atoms with Crippen molar-refractivity contribution < 1.29 is 0 Å². The van der Waals surface area contributed by atoms with Crippen LogP contribution in [-0.2, 0) is 6.54 Å². The predicted molar refractivity (Wildman–Crippen MR) is 58.8 cm³/mol. The Morgan fingerprint density at radius 1 is 1.25 bits per heavy atom. The molecule has 0 unspecified atom stereocenters. The molecule has 0 radical (unpaired) electrons. The normalized spacial score (nSPS) is 10.4. The van der Waals surface area contributed by atoms with Gasteiger partial charge in [-0.1, -0.05) is 36.4 Å². The Balaban J connectivity index is 2.18. The summed E-state index contributed by atoms with van der Waals surface area (Å²) in [5, 5.41) is 19.6. The Hall–Kier alpha value is -2.48. The lowest BCUT2D eigenvalue weighted by Gasteiger charge is -1.93. The van der Waals surface area contributed by atoms with Crippen LogP contribution in [0.25, 0.3) is 12.2 Å². The molecule has 5 nitrogen and oxygen atoms in total. The highest BCUT2D eigenvalue weighted by Crippen LogP contribution is 2.04. The zero-order valence-electron chi connectivity index (χ0n) is 8.48. The molecular weight excluding hydrogens is 202 g/mol. The summed E-state index contributed by atoms with van der Waals surface area (Å²) < 4.78 is 1.44. The van der Waals surface area contributed by atoms with Gasteiger partial charge in [0.15, 0.2) is 5.82 Å². The van der Waals surface area contributed by atoms with E-state index in [9.17, 15) is 0 Å². The van der Waals surface area contributed by atoms with Crippen LogP contribution in [-0.4, -0.2) is 20.2 Å². The number of rotatable bonds is 3. The number of benzene rings is 1. The van der Waals surface area contributed by atoms with E-state index >= 15 is 0 Å². The van der Waals surface area contributed by atoms with Crippen LogP contribution in [0, 0.1) is 11.3 Å². The van der Waals surface area contributed by atoms with E-state index < -0.39 is 0 Å². The first-order valence-electron chi connectivity index (χ1n) is 4.76. The first kappa shape index (κ1) is 10.1. The van der Waals surface area contributed by atoms with E-state index in [-0.39, 0.29) is 6.54 Å². The molecule has 1 aromatic carbocycles. The number of hydrogen-bond acceptors (Lipinski definition) is 4.